The molecule has 0 saturated heterocycles. The van der Waals surface area contributed by atoms with E-state index in [0.29, 0.717) is 18.7 Å². The Morgan fingerprint density at radius 3 is 2.24 bits per heavy atom. The molecule has 0 aromatic heterocycles. The van der Waals surface area contributed by atoms with E-state index in [0.717, 1.165) is 22.3 Å². The minimum atomic E-state index is -3.52. The maximum Gasteiger partial charge on any atom is 0.242 e. The number of nitrogens with one attached hydrogen (secondary N) is 1. The molecule has 2 rings (SSSR count). The second kappa shape index (κ2) is 11.3. The average Bonchev–Trinajstić information content (AvgIpc) is 2.76. The van der Waals surface area contributed by atoms with Crippen molar-refractivity contribution in [2.75, 3.05) is 24.2 Å². The van der Waals surface area contributed by atoms with E-state index in [1.165, 1.54) is 10.6 Å². The van der Waals surface area contributed by atoms with Gasteiger partial charge in [0.2, 0.25) is 21.8 Å². The molecule has 2 amide bonds. The Balaban J connectivity index is 2.19. The van der Waals surface area contributed by atoms with Crippen molar-refractivity contribution in [3.8, 4) is 0 Å². The van der Waals surface area contributed by atoms with Gasteiger partial charge in [0.15, 0.2) is 0 Å². The number of anilines is 1. The number of hydrogen-bond acceptors (Lipinski definition) is 4. The first-order valence-electron chi connectivity index (χ1n) is 11.1. The number of amides is 2. The topological polar surface area (TPSA) is 86.8 Å². The number of aryl methyl sites for hydroxylation is 2. The fourth-order valence-electron chi connectivity index (χ4n) is 3.75. The normalized spacial score (nSPS) is 12.2. The summed E-state index contributed by atoms with van der Waals surface area (Å²) in [5.74, 6) is -0.436. The summed E-state index contributed by atoms with van der Waals surface area (Å²) < 4.78 is 26.4. The van der Waals surface area contributed by atoms with Gasteiger partial charge in [0, 0.05) is 26.6 Å². The molecule has 2 aromatic carbocycles. The van der Waals surface area contributed by atoms with E-state index in [2.05, 4.69) is 5.32 Å². The van der Waals surface area contributed by atoms with Crippen LogP contribution in [0.4, 0.5) is 5.69 Å². The van der Waals surface area contributed by atoms with E-state index in [4.69, 9.17) is 0 Å². The van der Waals surface area contributed by atoms with Crippen molar-refractivity contribution in [2.24, 2.45) is 0 Å². The quantitative estimate of drug-likeness (QED) is 0.574. The molecule has 1 atom stereocenters. The molecule has 0 spiro atoms. The van der Waals surface area contributed by atoms with Gasteiger partial charge in [-0.2, -0.15) is 0 Å². The van der Waals surface area contributed by atoms with Crippen LogP contribution in [0.5, 0.6) is 0 Å². The zero-order chi connectivity index (χ0) is 24.8. The maximum absolute atomic E-state index is 13.2. The van der Waals surface area contributed by atoms with Crippen molar-refractivity contribution in [3.63, 3.8) is 0 Å². The molecule has 0 bridgehead atoms. The van der Waals surface area contributed by atoms with Crippen LogP contribution in [0.3, 0.4) is 0 Å². The number of carbonyl (C=O) groups excluding carboxylic acids is 2. The van der Waals surface area contributed by atoms with Crippen LogP contribution in [0, 0.1) is 20.8 Å². The maximum atomic E-state index is 13.2. The predicted molar refractivity (Wildman–Crippen MR) is 133 cm³/mol. The summed E-state index contributed by atoms with van der Waals surface area (Å²) in [7, 11) is -1.97. The number of sulfonamides is 1. The Kier molecular flexibility index (Phi) is 9.05. The van der Waals surface area contributed by atoms with Gasteiger partial charge in [0.25, 0.3) is 0 Å². The molecule has 0 fully saturated rings. The van der Waals surface area contributed by atoms with E-state index in [1.807, 2.05) is 57.2 Å². The molecular formula is C25H35N3O4S. The Bertz CT molecular complexity index is 1100. The Morgan fingerprint density at radius 1 is 1.00 bits per heavy atom. The number of hydrogen-bond donors (Lipinski definition) is 1. The van der Waals surface area contributed by atoms with Gasteiger partial charge in [-0.15, -0.1) is 0 Å². The van der Waals surface area contributed by atoms with Crippen LogP contribution in [0.2, 0.25) is 0 Å². The minimum absolute atomic E-state index is 0.129. The van der Waals surface area contributed by atoms with Crippen LogP contribution in [-0.4, -0.2) is 51.0 Å². The number of likely N-dealkylation sites (N-methyl/N-ethyl adjacent to an activating group) is 1. The fraction of sp³-hybridized carbons (Fsp3) is 0.440. The summed E-state index contributed by atoms with van der Waals surface area (Å²) >= 11 is 0. The smallest absolute Gasteiger partial charge is 0.242 e. The first kappa shape index (κ1) is 26.4. The van der Waals surface area contributed by atoms with Crippen molar-refractivity contribution in [3.05, 3.63) is 64.7 Å². The summed E-state index contributed by atoms with van der Waals surface area (Å²) in [6, 6.07) is 12.6. The minimum Gasteiger partial charge on any atom is -0.357 e. The highest BCUT2D eigenvalue weighted by Crippen LogP contribution is 2.25. The first-order valence-corrected chi connectivity index (χ1v) is 12.9. The number of rotatable bonds is 10. The SMILES string of the molecule is CNC(=O)C(C)N(Cc1ccccc1C)C(=O)CCCN(c1cccc(C)c1C)S(C)(=O)=O. The molecule has 0 aliphatic carbocycles. The third-order valence-electron chi connectivity index (χ3n) is 6.01. The molecule has 0 aliphatic heterocycles. The lowest BCUT2D eigenvalue weighted by molar-refractivity contribution is -0.140. The van der Waals surface area contributed by atoms with Crippen LogP contribution in [-0.2, 0) is 26.2 Å². The second-order valence-corrected chi connectivity index (χ2v) is 10.3. The van der Waals surface area contributed by atoms with Crippen LogP contribution in [0.15, 0.2) is 42.5 Å². The lowest BCUT2D eigenvalue weighted by Gasteiger charge is -2.30. The van der Waals surface area contributed by atoms with Crippen molar-refractivity contribution in [1.29, 1.82) is 0 Å². The average molecular weight is 474 g/mol. The van der Waals surface area contributed by atoms with Crippen LogP contribution >= 0.6 is 0 Å². The largest absolute Gasteiger partial charge is 0.357 e. The third kappa shape index (κ3) is 6.81. The van der Waals surface area contributed by atoms with E-state index >= 15 is 0 Å². The fourth-order valence-corrected chi connectivity index (χ4v) is 4.77. The summed E-state index contributed by atoms with van der Waals surface area (Å²) in [6.45, 7) is 7.99. The highest BCUT2D eigenvalue weighted by atomic mass is 32.2. The van der Waals surface area contributed by atoms with Crippen molar-refractivity contribution in [1.82, 2.24) is 10.2 Å². The van der Waals surface area contributed by atoms with Gasteiger partial charge < -0.3 is 10.2 Å². The molecule has 0 saturated carbocycles. The summed E-state index contributed by atoms with van der Waals surface area (Å²) in [5, 5.41) is 2.61. The van der Waals surface area contributed by atoms with Gasteiger partial charge >= 0.3 is 0 Å². The molecule has 180 valence electrons. The van der Waals surface area contributed by atoms with Crippen molar-refractivity contribution in [2.45, 2.75) is 53.1 Å². The van der Waals surface area contributed by atoms with Crippen molar-refractivity contribution < 1.29 is 18.0 Å². The van der Waals surface area contributed by atoms with Gasteiger partial charge in [-0.25, -0.2) is 8.42 Å². The Hall–Kier alpha value is -2.87. The van der Waals surface area contributed by atoms with Crippen LogP contribution < -0.4 is 9.62 Å². The molecule has 1 unspecified atom stereocenters. The molecule has 8 heteroatoms. The zero-order valence-electron chi connectivity index (χ0n) is 20.4. The zero-order valence-corrected chi connectivity index (χ0v) is 21.2. The summed E-state index contributed by atoms with van der Waals surface area (Å²) in [4.78, 5) is 27.1. The lowest BCUT2D eigenvalue weighted by Crippen LogP contribution is -2.47. The van der Waals surface area contributed by atoms with Gasteiger partial charge in [-0.3, -0.25) is 13.9 Å². The molecule has 0 radical (unpaired) electrons. The number of carbonyl (C=O) groups is 2. The molecule has 0 aliphatic rings. The molecule has 1 N–H and O–H groups in total. The molecule has 2 aromatic rings. The van der Waals surface area contributed by atoms with Crippen LogP contribution in [0.25, 0.3) is 0 Å². The molecule has 0 heterocycles. The van der Waals surface area contributed by atoms with E-state index < -0.39 is 16.1 Å². The predicted octanol–water partition coefficient (Wildman–Crippen LogP) is 3.32. The van der Waals surface area contributed by atoms with Gasteiger partial charge in [0.1, 0.15) is 6.04 Å². The third-order valence-corrected chi connectivity index (χ3v) is 7.19. The summed E-state index contributed by atoms with van der Waals surface area (Å²) in [6.07, 6.45) is 1.64. The molecule has 33 heavy (non-hydrogen) atoms. The summed E-state index contributed by atoms with van der Waals surface area (Å²) in [5.41, 5.74) is 4.53. The van der Waals surface area contributed by atoms with Crippen molar-refractivity contribution >= 4 is 27.5 Å². The standard InChI is InChI=1S/C25H35N3O4S/c1-18-12-9-14-23(20(18)3)28(33(6,31)32)16-10-15-24(29)27(21(4)25(30)26-5)17-22-13-8-7-11-19(22)2/h7-9,11-14,21H,10,15-17H2,1-6H3,(H,26,30). The van der Waals surface area contributed by atoms with E-state index in [9.17, 15) is 18.0 Å². The first-order chi connectivity index (χ1) is 15.5. The van der Waals surface area contributed by atoms with Crippen LogP contribution in [0.1, 0.15) is 42.0 Å². The lowest BCUT2D eigenvalue weighted by atomic mass is 10.1. The monoisotopic (exact) mass is 473 g/mol. The second-order valence-electron chi connectivity index (χ2n) is 8.40. The molecule has 7 nitrogen and oxygen atoms in total. The Labute approximate surface area is 197 Å². The van der Waals surface area contributed by atoms with Gasteiger partial charge in [-0.05, 0) is 62.4 Å². The number of benzene rings is 2. The molecular weight excluding hydrogens is 438 g/mol. The highest BCUT2D eigenvalue weighted by molar-refractivity contribution is 7.92. The Morgan fingerprint density at radius 2 is 1.64 bits per heavy atom. The highest BCUT2D eigenvalue weighted by Gasteiger charge is 2.26. The van der Waals surface area contributed by atoms with Gasteiger partial charge in [0.05, 0.1) is 11.9 Å². The van der Waals surface area contributed by atoms with E-state index in [1.54, 1.807) is 24.9 Å². The van der Waals surface area contributed by atoms with E-state index in [-0.39, 0.29) is 24.8 Å². The van der Waals surface area contributed by atoms with Gasteiger partial charge in [-0.1, -0.05) is 36.4 Å². The number of nitrogens with zero attached hydrogens (tertiary/aromatic N) is 2.